The van der Waals surface area contributed by atoms with Crippen molar-refractivity contribution >= 4 is 45.8 Å². The van der Waals surface area contributed by atoms with Crippen molar-refractivity contribution < 1.29 is 24.2 Å². The molecule has 2 bridgehead atoms. The summed E-state index contributed by atoms with van der Waals surface area (Å²) in [5, 5.41) is 14.9. The van der Waals surface area contributed by atoms with Crippen molar-refractivity contribution in [2.75, 3.05) is 12.4 Å². The number of amides is 1. The zero-order chi connectivity index (χ0) is 20.7. The third kappa shape index (κ3) is 3.34. The fourth-order valence-electron chi connectivity index (χ4n) is 4.34. The van der Waals surface area contributed by atoms with Gasteiger partial charge in [-0.2, -0.15) is 0 Å². The Balaban J connectivity index is 1.68. The fraction of sp³-hybridized carbons (Fsp3) is 0.286. The molecule has 0 radical (unpaired) electrons. The van der Waals surface area contributed by atoms with Gasteiger partial charge >= 0.3 is 11.9 Å². The number of methoxy groups -OCH3 is 1. The summed E-state index contributed by atoms with van der Waals surface area (Å²) in [6.07, 6.45) is 4.46. The second-order valence-electron chi connectivity index (χ2n) is 7.15. The molecule has 0 saturated heterocycles. The summed E-state index contributed by atoms with van der Waals surface area (Å²) in [5.74, 6) is -3.63. The number of halogens is 1. The van der Waals surface area contributed by atoms with Crippen LogP contribution < -0.4 is 5.32 Å². The lowest BCUT2D eigenvalue weighted by molar-refractivity contribution is -0.146. The number of carboxylic acid groups (broad SMARTS) is 1. The van der Waals surface area contributed by atoms with E-state index in [-0.39, 0.29) is 17.4 Å². The minimum absolute atomic E-state index is 0.106. The highest BCUT2D eigenvalue weighted by Crippen LogP contribution is 2.49. The third-order valence-electron chi connectivity index (χ3n) is 5.63. The highest BCUT2D eigenvalue weighted by molar-refractivity contribution is 7.15. The summed E-state index contributed by atoms with van der Waals surface area (Å²) in [6.45, 7) is 0. The van der Waals surface area contributed by atoms with Gasteiger partial charge in [-0.15, -0.1) is 11.3 Å². The number of thiophene rings is 1. The molecule has 1 aromatic heterocycles. The van der Waals surface area contributed by atoms with Crippen molar-refractivity contribution in [2.24, 2.45) is 23.7 Å². The standard InChI is InChI=1S/C21H18ClNO5S/c1-28-21(27)17-13(12-4-2-3-5-14(12)22)9-29-19(17)23-18(24)15-10-6-7-11(8-10)16(15)20(25)26/h2-7,9-11,15-16H,8H2,1H3,(H,23,24)(H,25,26)/t10-,11-,15+,16+/m0/s1. The molecule has 1 saturated carbocycles. The van der Waals surface area contributed by atoms with E-state index < -0.39 is 29.7 Å². The lowest BCUT2D eigenvalue weighted by Crippen LogP contribution is -2.36. The number of carboxylic acids is 1. The molecule has 1 heterocycles. The number of anilines is 1. The SMILES string of the molecule is COC(=O)c1c(-c2ccccc2Cl)csc1NC(=O)[C@H]1[C@H](C(=O)O)[C@H]2C=C[C@H]1C2. The summed E-state index contributed by atoms with van der Waals surface area (Å²) < 4.78 is 4.92. The highest BCUT2D eigenvalue weighted by Gasteiger charge is 2.51. The Morgan fingerprint density at radius 2 is 1.83 bits per heavy atom. The first-order chi connectivity index (χ1) is 13.9. The molecule has 2 aromatic rings. The van der Waals surface area contributed by atoms with Crippen molar-refractivity contribution in [2.45, 2.75) is 6.42 Å². The van der Waals surface area contributed by atoms with E-state index >= 15 is 0 Å². The van der Waals surface area contributed by atoms with Crippen LogP contribution in [0.3, 0.4) is 0 Å². The Kier molecular flexibility index (Phi) is 5.19. The van der Waals surface area contributed by atoms with Crippen LogP contribution in [0.1, 0.15) is 16.8 Å². The molecule has 1 aromatic carbocycles. The maximum atomic E-state index is 13.0. The fourth-order valence-corrected chi connectivity index (χ4v) is 5.53. The van der Waals surface area contributed by atoms with E-state index in [2.05, 4.69) is 5.32 Å². The van der Waals surface area contributed by atoms with E-state index in [4.69, 9.17) is 16.3 Å². The van der Waals surface area contributed by atoms with Crippen molar-refractivity contribution in [3.05, 3.63) is 52.4 Å². The van der Waals surface area contributed by atoms with E-state index in [9.17, 15) is 19.5 Å². The molecule has 2 aliphatic carbocycles. The third-order valence-corrected chi connectivity index (χ3v) is 6.85. The molecular weight excluding hydrogens is 414 g/mol. The van der Waals surface area contributed by atoms with Crippen LogP contribution in [0.2, 0.25) is 5.02 Å². The van der Waals surface area contributed by atoms with Gasteiger partial charge in [0.2, 0.25) is 5.91 Å². The van der Waals surface area contributed by atoms with Crippen molar-refractivity contribution in [1.82, 2.24) is 0 Å². The van der Waals surface area contributed by atoms with Gasteiger partial charge in [0.15, 0.2) is 0 Å². The Morgan fingerprint density at radius 1 is 1.14 bits per heavy atom. The van der Waals surface area contributed by atoms with Gasteiger partial charge in [-0.1, -0.05) is 42.0 Å². The number of rotatable bonds is 5. The van der Waals surface area contributed by atoms with Crippen LogP contribution in [-0.2, 0) is 14.3 Å². The van der Waals surface area contributed by atoms with E-state index in [0.29, 0.717) is 27.6 Å². The van der Waals surface area contributed by atoms with Crippen molar-refractivity contribution in [3.63, 3.8) is 0 Å². The summed E-state index contributed by atoms with van der Waals surface area (Å²) >= 11 is 7.47. The minimum atomic E-state index is -0.974. The Labute approximate surface area is 176 Å². The predicted molar refractivity (Wildman–Crippen MR) is 110 cm³/mol. The molecule has 6 nitrogen and oxygen atoms in total. The van der Waals surface area contributed by atoms with Gasteiger partial charge in [0.1, 0.15) is 10.6 Å². The maximum absolute atomic E-state index is 13.0. The molecular formula is C21H18ClNO5S. The van der Waals surface area contributed by atoms with Crippen molar-refractivity contribution in [1.29, 1.82) is 0 Å². The molecule has 150 valence electrons. The van der Waals surface area contributed by atoms with Crippen LogP contribution in [-0.4, -0.2) is 30.1 Å². The first-order valence-electron chi connectivity index (χ1n) is 9.09. The number of aliphatic carboxylic acids is 1. The first-order valence-corrected chi connectivity index (χ1v) is 10.3. The number of carbonyl (C=O) groups excluding carboxylic acids is 2. The van der Waals surface area contributed by atoms with Gasteiger partial charge in [0.05, 0.1) is 18.9 Å². The molecule has 1 fully saturated rings. The van der Waals surface area contributed by atoms with Gasteiger partial charge in [0, 0.05) is 21.5 Å². The smallest absolute Gasteiger partial charge is 0.341 e. The number of nitrogens with one attached hydrogen (secondary N) is 1. The molecule has 29 heavy (non-hydrogen) atoms. The van der Waals surface area contributed by atoms with E-state index in [0.717, 1.165) is 0 Å². The number of benzene rings is 1. The lowest BCUT2D eigenvalue weighted by Gasteiger charge is -2.23. The topological polar surface area (TPSA) is 92.7 Å². The number of ether oxygens (including phenoxy) is 1. The Morgan fingerprint density at radius 3 is 2.48 bits per heavy atom. The van der Waals surface area contributed by atoms with E-state index in [1.54, 1.807) is 29.6 Å². The molecule has 0 aliphatic heterocycles. The van der Waals surface area contributed by atoms with E-state index in [1.807, 2.05) is 12.2 Å². The van der Waals surface area contributed by atoms with Crippen LogP contribution in [0.4, 0.5) is 5.00 Å². The average Bonchev–Trinajstić information content (AvgIpc) is 3.42. The molecule has 4 atom stereocenters. The maximum Gasteiger partial charge on any atom is 0.341 e. The highest BCUT2D eigenvalue weighted by atomic mass is 35.5. The van der Waals surface area contributed by atoms with Gasteiger partial charge in [0.25, 0.3) is 0 Å². The molecule has 4 rings (SSSR count). The summed E-state index contributed by atoms with van der Waals surface area (Å²) in [4.78, 5) is 37.2. The normalized spacial score (nSPS) is 24.5. The van der Waals surface area contributed by atoms with Crippen LogP contribution in [0, 0.1) is 23.7 Å². The molecule has 2 aliphatic rings. The molecule has 1 amide bonds. The number of allylic oxidation sites excluding steroid dienone is 2. The van der Waals surface area contributed by atoms with Crippen LogP contribution in [0.25, 0.3) is 11.1 Å². The number of carbonyl (C=O) groups is 3. The monoisotopic (exact) mass is 431 g/mol. The first kappa shape index (κ1) is 19.7. The van der Waals surface area contributed by atoms with Gasteiger partial charge in [-0.3, -0.25) is 9.59 Å². The number of fused-ring (bicyclic) bond motifs is 2. The zero-order valence-corrected chi connectivity index (χ0v) is 17.0. The molecule has 0 spiro atoms. The van der Waals surface area contributed by atoms with Crippen molar-refractivity contribution in [3.8, 4) is 11.1 Å². The second kappa shape index (κ2) is 7.65. The van der Waals surface area contributed by atoms with Crippen LogP contribution >= 0.6 is 22.9 Å². The minimum Gasteiger partial charge on any atom is -0.481 e. The molecule has 2 N–H and O–H groups in total. The summed E-state index contributed by atoms with van der Waals surface area (Å²) in [5.41, 5.74) is 1.42. The number of esters is 1. The average molecular weight is 432 g/mol. The van der Waals surface area contributed by atoms with Gasteiger partial charge in [-0.25, -0.2) is 4.79 Å². The predicted octanol–water partition coefficient (Wildman–Crippen LogP) is 4.32. The van der Waals surface area contributed by atoms with Gasteiger partial charge < -0.3 is 15.2 Å². The Bertz CT molecular complexity index is 1030. The van der Waals surface area contributed by atoms with Gasteiger partial charge in [-0.05, 0) is 24.3 Å². The number of hydrogen-bond acceptors (Lipinski definition) is 5. The molecule has 0 unspecified atom stereocenters. The zero-order valence-electron chi connectivity index (χ0n) is 15.4. The lowest BCUT2D eigenvalue weighted by atomic mass is 9.82. The summed E-state index contributed by atoms with van der Waals surface area (Å²) in [6, 6.07) is 7.08. The number of hydrogen-bond donors (Lipinski definition) is 2. The van der Waals surface area contributed by atoms with Crippen LogP contribution in [0.5, 0.6) is 0 Å². The summed E-state index contributed by atoms with van der Waals surface area (Å²) in [7, 11) is 1.27. The Hall–Kier alpha value is -2.64. The quantitative estimate of drug-likeness (QED) is 0.543. The largest absolute Gasteiger partial charge is 0.481 e. The van der Waals surface area contributed by atoms with Crippen LogP contribution in [0.15, 0.2) is 41.8 Å². The second-order valence-corrected chi connectivity index (χ2v) is 8.44. The molecule has 8 heteroatoms. The van der Waals surface area contributed by atoms with E-state index in [1.165, 1.54) is 18.4 Å².